The van der Waals surface area contributed by atoms with Crippen molar-refractivity contribution in [2.75, 3.05) is 0 Å². The van der Waals surface area contributed by atoms with Crippen LogP contribution in [0.2, 0.25) is 0 Å². The lowest BCUT2D eigenvalue weighted by atomic mass is 9.92. The summed E-state index contributed by atoms with van der Waals surface area (Å²) in [5.41, 5.74) is 13.2. The minimum atomic E-state index is 0.714. The summed E-state index contributed by atoms with van der Waals surface area (Å²) in [6, 6.07) is 66.2. The molecule has 0 saturated heterocycles. The molecule has 3 heteroatoms. The van der Waals surface area contributed by atoms with E-state index in [4.69, 9.17) is 9.97 Å². The van der Waals surface area contributed by atoms with Crippen LogP contribution < -0.4 is 0 Å². The number of aromatic nitrogens is 3. The van der Waals surface area contributed by atoms with Crippen molar-refractivity contribution in [3.63, 3.8) is 0 Å². The molecule has 230 valence electrons. The average Bonchev–Trinajstić information content (AvgIpc) is 3.52. The van der Waals surface area contributed by atoms with Gasteiger partial charge < -0.3 is 4.57 Å². The monoisotopic (exact) mass is 625 g/mol. The summed E-state index contributed by atoms with van der Waals surface area (Å²) in [4.78, 5) is 10.1. The molecule has 9 rings (SSSR count). The molecular formula is C46H31N3. The van der Waals surface area contributed by atoms with Crippen LogP contribution in [0.5, 0.6) is 0 Å². The molecule has 0 unspecified atom stereocenters. The third kappa shape index (κ3) is 5.28. The van der Waals surface area contributed by atoms with Gasteiger partial charge in [-0.25, -0.2) is 9.97 Å². The topological polar surface area (TPSA) is 30.7 Å². The second-order valence-electron chi connectivity index (χ2n) is 12.2. The summed E-state index contributed by atoms with van der Waals surface area (Å²) in [5, 5.41) is 2.48. The van der Waals surface area contributed by atoms with Crippen molar-refractivity contribution in [1.29, 1.82) is 0 Å². The van der Waals surface area contributed by atoms with Crippen molar-refractivity contribution >= 4 is 21.8 Å². The van der Waals surface area contributed by atoms with Crippen LogP contribution in [0.1, 0.15) is 0 Å². The lowest BCUT2D eigenvalue weighted by Crippen LogP contribution is -1.96. The third-order valence-electron chi connectivity index (χ3n) is 9.22. The maximum atomic E-state index is 5.09. The van der Waals surface area contributed by atoms with Crippen molar-refractivity contribution in [2.45, 2.75) is 0 Å². The largest absolute Gasteiger partial charge is 0.309 e. The summed E-state index contributed by atoms with van der Waals surface area (Å²) in [6.07, 6.45) is 0. The maximum Gasteiger partial charge on any atom is 0.160 e. The van der Waals surface area contributed by atoms with Gasteiger partial charge in [0, 0.05) is 33.2 Å². The van der Waals surface area contributed by atoms with Crippen molar-refractivity contribution in [2.24, 2.45) is 0 Å². The van der Waals surface area contributed by atoms with E-state index in [1.807, 2.05) is 36.4 Å². The van der Waals surface area contributed by atoms with Gasteiger partial charge >= 0.3 is 0 Å². The SMILES string of the molecule is c1ccc(-c2cc(-c3cccc(-c4ccccc4-c4ccc5c(c4)c4ccccc4n5-c4ccccc4)c3)nc(-c3ccccc3)n2)cc1. The van der Waals surface area contributed by atoms with Gasteiger partial charge in [-0.1, -0.05) is 146 Å². The molecular weight excluding hydrogens is 595 g/mol. The molecule has 2 heterocycles. The second kappa shape index (κ2) is 12.2. The Morgan fingerprint density at radius 2 is 0.857 bits per heavy atom. The summed E-state index contributed by atoms with van der Waals surface area (Å²) < 4.78 is 2.36. The maximum absolute atomic E-state index is 5.09. The Labute approximate surface area is 285 Å². The molecule has 0 atom stereocenters. The molecule has 9 aromatic rings. The Hall–Kier alpha value is -6.58. The third-order valence-corrected chi connectivity index (χ3v) is 9.22. The molecule has 0 radical (unpaired) electrons. The fraction of sp³-hybridized carbons (Fsp3) is 0. The van der Waals surface area contributed by atoms with Gasteiger partial charge in [0.05, 0.1) is 22.4 Å². The highest BCUT2D eigenvalue weighted by atomic mass is 15.0. The van der Waals surface area contributed by atoms with E-state index >= 15 is 0 Å². The highest BCUT2D eigenvalue weighted by molar-refractivity contribution is 6.10. The molecule has 3 nitrogen and oxygen atoms in total. The normalized spacial score (nSPS) is 11.3. The number of hydrogen-bond acceptors (Lipinski definition) is 2. The van der Waals surface area contributed by atoms with Gasteiger partial charge in [-0.05, 0) is 64.7 Å². The number of fused-ring (bicyclic) bond motifs is 3. The molecule has 0 aliphatic heterocycles. The van der Waals surface area contributed by atoms with Gasteiger partial charge in [0.15, 0.2) is 5.82 Å². The summed E-state index contributed by atoms with van der Waals surface area (Å²) in [7, 11) is 0. The zero-order chi connectivity index (χ0) is 32.6. The van der Waals surface area contributed by atoms with E-state index in [-0.39, 0.29) is 0 Å². The Bertz CT molecular complexity index is 2530. The molecule has 49 heavy (non-hydrogen) atoms. The lowest BCUT2D eigenvalue weighted by molar-refractivity contribution is 1.18. The summed E-state index contributed by atoms with van der Waals surface area (Å²) in [5.74, 6) is 0.714. The first-order valence-corrected chi connectivity index (χ1v) is 16.6. The molecule has 0 amide bonds. The van der Waals surface area contributed by atoms with E-state index in [0.717, 1.165) is 39.3 Å². The minimum Gasteiger partial charge on any atom is -0.309 e. The average molecular weight is 626 g/mol. The predicted molar refractivity (Wildman–Crippen MR) is 204 cm³/mol. The van der Waals surface area contributed by atoms with Crippen LogP contribution in [0.3, 0.4) is 0 Å². The predicted octanol–water partition coefficient (Wildman–Crippen LogP) is 11.9. The van der Waals surface area contributed by atoms with Gasteiger partial charge in [0.2, 0.25) is 0 Å². The molecule has 0 spiro atoms. The first kappa shape index (κ1) is 28.6. The highest BCUT2D eigenvalue weighted by Gasteiger charge is 2.16. The number of rotatable bonds is 6. The van der Waals surface area contributed by atoms with Crippen molar-refractivity contribution in [3.8, 4) is 61.8 Å². The van der Waals surface area contributed by atoms with E-state index in [2.05, 4.69) is 156 Å². The van der Waals surface area contributed by atoms with Crippen molar-refractivity contribution < 1.29 is 0 Å². The fourth-order valence-corrected chi connectivity index (χ4v) is 6.90. The number of hydrogen-bond donors (Lipinski definition) is 0. The van der Waals surface area contributed by atoms with Gasteiger partial charge in [-0.3, -0.25) is 0 Å². The van der Waals surface area contributed by atoms with E-state index in [1.54, 1.807) is 0 Å². The Morgan fingerprint density at radius 1 is 0.327 bits per heavy atom. The van der Waals surface area contributed by atoms with Gasteiger partial charge in [-0.15, -0.1) is 0 Å². The van der Waals surface area contributed by atoms with Crippen molar-refractivity contribution in [3.05, 3.63) is 188 Å². The van der Waals surface area contributed by atoms with Crippen LogP contribution in [-0.2, 0) is 0 Å². The summed E-state index contributed by atoms with van der Waals surface area (Å²) >= 11 is 0. The molecule has 2 aromatic heterocycles. The number of benzene rings is 7. The van der Waals surface area contributed by atoms with Crippen LogP contribution in [-0.4, -0.2) is 14.5 Å². The summed E-state index contributed by atoms with van der Waals surface area (Å²) in [6.45, 7) is 0. The molecule has 0 aliphatic carbocycles. The van der Waals surface area contributed by atoms with Crippen molar-refractivity contribution in [1.82, 2.24) is 14.5 Å². The van der Waals surface area contributed by atoms with Gasteiger partial charge in [-0.2, -0.15) is 0 Å². The Morgan fingerprint density at radius 3 is 1.59 bits per heavy atom. The van der Waals surface area contributed by atoms with Crippen LogP contribution in [0.25, 0.3) is 83.6 Å². The second-order valence-corrected chi connectivity index (χ2v) is 12.2. The Kier molecular flexibility index (Phi) is 7.14. The quantitative estimate of drug-likeness (QED) is 0.184. The van der Waals surface area contributed by atoms with Crippen LogP contribution in [0, 0.1) is 0 Å². The number of nitrogens with zero attached hydrogens (tertiary/aromatic N) is 3. The van der Waals surface area contributed by atoms with E-state index < -0.39 is 0 Å². The molecule has 0 bridgehead atoms. The van der Waals surface area contributed by atoms with E-state index in [9.17, 15) is 0 Å². The Balaban J connectivity index is 1.17. The standard InChI is InChI=1S/C46H31N3/c1-4-15-32(16-5-1)42-31-43(48-46(47-42)33-17-6-2-7-18-33)36-20-14-19-34(29-36)38-23-10-11-24-39(38)35-27-28-45-41(30-35)40-25-12-13-26-44(40)49(45)37-21-8-3-9-22-37/h1-31H. The first-order valence-electron chi connectivity index (χ1n) is 16.6. The van der Waals surface area contributed by atoms with E-state index in [1.165, 1.54) is 38.5 Å². The molecule has 0 aliphatic rings. The first-order chi connectivity index (χ1) is 24.3. The van der Waals surface area contributed by atoms with Crippen LogP contribution in [0.4, 0.5) is 0 Å². The lowest BCUT2D eigenvalue weighted by Gasteiger charge is -2.13. The minimum absolute atomic E-state index is 0.714. The molecule has 0 saturated carbocycles. The molecule has 0 N–H and O–H groups in total. The molecule has 0 fully saturated rings. The smallest absolute Gasteiger partial charge is 0.160 e. The molecule has 7 aromatic carbocycles. The van der Waals surface area contributed by atoms with Crippen LogP contribution in [0.15, 0.2) is 188 Å². The highest BCUT2D eigenvalue weighted by Crippen LogP contribution is 2.39. The number of para-hydroxylation sites is 2. The van der Waals surface area contributed by atoms with Crippen LogP contribution >= 0.6 is 0 Å². The van der Waals surface area contributed by atoms with Gasteiger partial charge in [0.1, 0.15) is 0 Å². The fourth-order valence-electron chi connectivity index (χ4n) is 6.90. The van der Waals surface area contributed by atoms with Gasteiger partial charge in [0.25, 0.3) is 0 Å². The van der Waals surface area contributed by atoms with E-state index in [0.29, 0.717) is 5.82 Å². The zero-order valence-corrected chi connectivity index (χ0v) is 26.7. The zero-order valence-electron chi connectivity index (χ0n) is 26.7.